The fraction of sp³-hybridized carbons (Fsp3) is 0.533. The van der Waals surface area contributed by atoms with Gasteiger partial charge in [-0.25, -0.2) is 19.6 Å². The number of ether oxygens (including phenoxy) is 4. The Kier molecular flexibility index (Phi) is 10.3. The number of amides is 3. The third-order valence-corrected chi connectivity index (χ3v) is 13.9. The van der Waals surface area contributed by atoms with Gasteiger partial charge in [0.1, 0.15) is 23.2 Å². The van der Waals surface area contributed by atoms with Crippen LogP contribution in [-0.4, -0.2) is 101 Å². The number of benzene rings is 2. The number of hydrogen-bond acceptors (Lipinski definition) is 10. The molecule has 318 valence electrons. The van der Waals surface area contributed by atoms with Gasteiger partial charge in [-0.05, 0) is 85.5 Å². The van der Waals surface area contributed by atoms with Crippen molar-refractivity contribution in [3.8, 4) is 45.1 Å². The molecule has 15 nitrogen and oxygen atoms in total. The molecule has 2 saturated heterocycles. The van der Waals surface area contributed by atoms with Crippen molar-refractivity contribution in [1.82, 2.24) is 40.4 Å². The van der Waals surface area contributed by atoms with Gasteiger partial charge in [0.15, 0.2) is 11.5 Å². The van der Waals surface area contributed by atoms with Crippen LogP contribution in [0.2, 0.25) is 0 Å². The van der Waals surface area contributed by atoms with Crippen LogP contribution in [0.25, 0.3) is 33.6 Å². The number of alkyl carbamates (subject to hydrolysis) is 2. The number of imidazole rings is 2. The van der Waals surface area contributed by atoms with Crippen LogP contribution in [0.5, 0.6) is 11.5 Å². The molecule has 0 radical (unpaired) electrons. The summed E-state index contributed by atoms with van der Waals surface area (Å²) in [5.41, 5.74) is 4.74. The SMILES string of the molecule is COC(=O)NC(CN1CC2CCC1(c1ncc(-c3ccc(-c4ccc(-c5cnc(C67CCC(CN6C(=O)C(NC(=O)OC)C(C)C)C7)[nH]5)c5c4OCO5)cc3)[nH]1)C2)C(C)C. The van der Waals surface area contributed by atoms with Crippen LogP contribution in [0, 0.1) is 23.7 Å². The molecule has 2 aromatic carbocycles. The topological polar surface area (TPSA) is 176 Å². The number of aromatic amines is 2. The molecule has 5 heterocycles. The third-order valence-electron chi connectivity index (χ3n) is 13.9. The molecule has 60 heavy (non-hydrogen) atoms. The van der Waals surface area contributed by atoms with Crippen molar-refractivity contribution >= 4 is 18.1 Å². The number of fused-ring (bicyclic) bond motifs is 5. The van der Waals surface area contributed by atoms with Gasteiger partial charge in [-0.3, -0.25) is 9.69 Å². The Hall–Kier alpha value is -5.57. The standard InChI is InChI=1S/C45H56N8O7/c1-25(2)35(50-42(55)57-5)23-52-21-27-13-15-44(52,17-27)40-46-19-33(48-40)30-9-7-29(8-10-30)31-11-12-32(38-37(31)59-24-60-38)34-20-47-41(49-34)45-16-14-28(18-45)22-53(45)39(54)36(26(3)4)51-43(56)58-6/h7-12,19-20,25-28,35-36H,13-18,21-24H2,1-6H3,(H,46,48)(H,47,49)(H,50,55)(H,51,56). The molecular formula is C45H56N8O7. The number of aromatic nitrogens is 4. The minimum Gasteiger partial charge on any atom is -0.453 e. The first-order valence-electron chi connectivity index (χ1n) is 21.3. The van der Waals surface area contributed by atoms with Crippen molar-refractivity contribution in [2.75, 3.05) is 40.6 Å². The van der Waals surface area contributed by atoms with Gasteiger partial charge in [-0.2, -0.15) is 0 Å². The largest absolute Gasteiger partial charge is 0.453 e. The summed E-state index contributed by atoms with van der Waals surface area (Å²) in [6, 6.07) is 11.7. The fourth-order valence-corrected chi connectivity index (χ4v) is 10.7. The number of rotatable bonds is 12. The molecular weight excluding hydrogens is 765 g/mol. The lowest BCUT2D eigenvalue weighted by Crippen LogP contribution is -2.56. The van der Waals surface area contributed by atoms with Crippen molar-refractivity contribution in [3.63, 3.8) is 0 Å². The molecule has 2 aliphatic carbocycles. The van der Waals surface area contributed by atoms with Gasteiger partial charge in [0, 0.05) is 36.8 Å². The number of hydrogen-bond donors (Lipinski definition) is 4. The van der Waals surface area contributed by atoms with Gasteiger partial charge in [-0.1, -0.05) is 52.0 Å². The normalized spacial score (nSPS) is 25.0. The van der Waals surface area contributed by atoms with Crippen molar-refractivity contribution < 1.29 is 33.3 Å². The molecule has 2 aromatic heterocycles. The van der Waals surface area contributed by atoms with Crippen LogP contribution < -0.4 is 20.1 Å². The van der Waals surface area contributed by atoms with Gasteiger partial charge in [0.25, 0.3) is 0 Å². The number of nitrogens with one attached hydrogen (secondary N) is 4. The Morgan fingerprint density at radius 1 is 0.767 bits per heavy atom. The first kappa shape index (κ1) is 39.9. The number of likely N-dealkylation sites (tertiary alicyclic amines) is 2. The molecule has 6 unspecified atom stereocenters. The monoisotopic (exact) mass is 820 g/mol. The van der Waals surface area contributed by atoms with Crippen LogP contribution in [0.3, 0.4) is 0 Å². The highest BCUT2D eigenvalue weighted by atomic mass is 16.7. The minimum atomic E-state index is -0.708. The average Bonchev–Trinajstić information content (AvgIpc) is 4.11. The minimum absolute atomic E-state index is 0.0330. The van der Waals surface area contributed by atoms with E-state index in [2.05, 4.69) is 69.7 Å². The molecule has 4 fully saturated rings. The van der Waals surface area contributed by atoms with Crippen molar-refractivity contribution in [2.24, 2.45) is 23.7 Å². The molecule has 2 saturated carbocycles. The molecule has 6 atom stereocenters. The number of carbonyl (C=O) groups is 3. The van der Waals surface area contributed by atoms with Crippen LogP contribution in [0.1, 0.15) is 77.9 Å². The highest BCUT2D eigenvalue weighted by molar-refractivity contribution is 5.87. The van der Waals surface area contributed by atoms with Crippen molar-refractivity contribution in [3.05, 3.63) is 60.4 Å². The van der Waals surface area contributed by atoms with E-state index in [4.69, 9.17) is 28.9 Å². The van der Waals surface area contributed by atoms with E-state index in [1.807, 2.05) is 37.2 Å². The molecule has 4 N–H and O–H groups in total. The zero-order chi connectivity index (χ0) is 41.9. The van der Waals surface area contributed by atoms with Crippen LogP contribution in [0.15, 0.2) is 48.8 Å². The van der Waals surface area contributed by atoms with E-state index in [1.54, 1.807) is 0 Å². The zero-order valence-corrected chi connectivity index (χ0v) is 35.3. The molecule has 3 aliphatic heterocycles. The smallest absolute Gasteiger partial charge is 0.407 e. The van der Waals surface area contributed by atoms with Crippen LogP contribution >= 0.6 is 0 Å². The predicted octanol–water partition coefficient (Wildman–Crippen LogP) is 6.77. The van der Waals surface area contributed by atoms with Gasteiger partial charge >= 0.3 is 12.2 Å². The average molecular weight is 821 g/mol. The summed E-state index contributed by atoms with van der Waals surface area (Å²) in [5.74, 6) is 4.03. The second-order valence-electron chi connectivity index (χ2n) is 18.1. The van der Waals surface area contributed by atoms with Crippen LogP contribution in [0.4, 0.5) is 9.59 Å². The quantitative estimate of drug-likeness (QED) is 0.119. The Balaban J connectivity index is 0.937. The Labute approximate surface area is 350 Å². The number of methoxy groups -OCH3 is 2. The van der Waals surface area contributed by atoms with Crippen molar-refractivity contribution in [2.45, 2.75) is 89.4 Å². The molecule has 3 amide bonds. The summed E-state index contributed by atoms with van der Waals surface area (Å²) in [4.78, 5) is 60.0. The zero-order valence-electron chi connectivity index (χ0n) is 35.3. The van der Waals surface area contributed by atoms with Gasteiger partial charge in [-0.15, -0.1) is 0 Å². The second-order valence-corrected chi connectivity index (χ2v) is 18.1. The van der Waals surface area contributed by atoms with E-state index >= 15 is 0 Å². The molecule has 4 aromatic rings. The highest BCUT2D eigenvalue weighted by Crippen LogP contribution is 2.54. The highest BCUT2D eigenvalue weighted by Gasteiger charge is 2.57. The maximum Gasteiger partial charge on any atom is 0.407 e. The summed E-state index contributed by atoms with van der Waals surface area (Å²) in [6.45, 7) is 10.6. The summed E-state index contributed by atoms with van der Waals surface area (Å²) >= 11 is 0. The van der Waals surface area contributed by atoms with Crippen LogP contribution in [-0.2, 0) is 25.3 Å². The Morgan fingerprint density at radius 3 is 2.02 bits per heavy atom. The summed E-state index contributed by atoms with van der Waals surface area (Å²) in [5, 5.41) is 5.81. The van der Waals surface area contributed by atoms with E-state index in [-0.39, 0.29) is 36.1 Å². The molecule has 9 rings (SSSR count). The number of piperidine rings is 2. The van der Waals surface area contributed by atoms with Gasteiger partial charge in [0.2, 0.25) is 12.7 Å². The number of nitrogens with zero attached hydrogens (tertiary/aromatic N) is 4. The lowest BCUT2D eigenvalue weighted by molar-refractivity contribution is -0.140. The summed E-state index contributed by atoms with van der Waals surface area (Å²) in [7, 11) is 2.71. The Bertz CT molecular complexity index is 2270. The maximum atomic E-state index is 14.0. The van der Waals surface area contributed by atoms with E-state index in [0.717, 1.165) is 90.5 Å². The number of carbonyl (C=O) groups excluding carboxylic acids is 3. The van der Waals surface area contributed by atoms with Gasteiger partial charge < -0.3 is 44.4 Å². The lowest BCUT2D eigenvalue weighted by Gasteiger charge is -2.40. The van der Waals surface area contributed by atoms with E-state index < -0.39 is 23.8 Å². The molecule has 4 bridgehead atoms. The Morgan fingerprint density at radius 2 is 1.35 bits per heavy atom. The molecule has 15 heteroatoms. The van der Waals surface area contributed by atoms with Crippen molar-refractivity contribution in [1.29, 1.82) is 0 Å². The maximum absolute atomic E-state index is 14.0. The predicted molar refractivity (Wildman–Crippen MR) is 223 cm³/mol. The molecule has 0 spiro atoms. The first-order chi connectivity index (χ1) is 28.9. The summed E-state index contributed by atoms with van der Waals surface area (Å²) < 4.78 is 22.0. The summed E-state index contributed by atoms with van der Waals surface area (Å²) in [6.07, 6.45) is 8.61. The first-order valence-corrected chi connectivity index (χ1v) is 21.3. The number of H-pyrrole nitrogens is 2. The second kappa shape index (κ2) is 15.5. The lowest BCUT2D eigenvalue weighted by atomic mass is 9.93. The van der Waals surface area contributed by atoms with E-state index in [9.17, 15) is 14.4 Å². The molecule has 5 aliphatic rings. The van der Waals surface area contributed by atoms with E-state index in [0.29, 0.717) is 29.9 Å². The fourth-order valence-electron chi connectivity index (χ4n) is 10.7. The van der Waals surface area contributed by atoms with Gasteiger partial charge in [0.05, 0.1) is 43.5 Å². The third kappa shape index (κ3) is 6.74. The van der Waals surface area contributed by atoms with E-state index in [1.165, 1.54) is 20.6 Å².